The Hall–Kier alpha value is -2.16. The second-order valence-corrected chi connectivity index (χ2v) is 8.19. The zero-order valence-corrected chi connectivity index (χ0v) is 19.2. The van der Waals surface area contributed by atoms with E-state index < -0.39 is 0 Å². The van der Waals surface area contributed by atoms with Gasteiger partial charge in [-0.25, -0.2) is 4.39 Å². The summed E-state index contributed by atoms with van der Waals surface area (Å²) in [6.07, 6.45) is 4.79. The van der Waals surface area contributed by atoms with Crippen molar-refractivity contribution in [2.24, 2.45) is 0 Å². The minimum absolute atomic E-state index is 0.0797. The van der Waals surface area contributed by atoms with Crippen LogP contribution < -0.4 is 9.91 Å². The molecule has 0 saturated carbocycles. The highest BCUT2D eigenvalue weighted by molar-refractivity contribution is 5.82. The first-order valence-electron chi connectivity index (χ1n) is 11.5. The number of anilines is 1. The van der Waals surface area contributed by atoms with Crippen molar-refractivity contribution in [1.29, 1.82) is 0 Å². The van der Waals surface area contributed by atoms with Crippen LogP contribution in [0.3, 0.4) is 0 Å². The van der Waals surface area contributed by atoms with Crippen LogP contribution in [0, 0.1) is 5.82 Å². The van der Waals surface area contributed by atoms with E-state index in [1.807, 2.05) is 37.9 Å². The molecular formula is C23H36FN5O2. The van der Waals surface area contributed by atoms with E-state index in [2.05, 4.69) is 22.3 Å². The fraction of sp³-hybridized carbons (Fsp3) is 0.609. The second kappa shape index (κ2) is 10.9. The quantitative estimate of drug-likeness (QED) is 0.650. The molecule has 0 aromatic heterocycles. The molecular weight excluding hydrogens is 397 g/mol. The zero-order valence-electron chi connectivity index (χ0n) is 19.2. The molecule has 1 N–H and O–H groups in total. The van der Waals surface area contributed by atoms with Gasteiger partial charge in [-0.3, -0.25) is 15.3 Å². The molecule has 31 heavy (non-hydrogen) atoms. The van der Waals surface area contributed by atoms with E-state index in [1.165, 1.54) is 6.07 Å². The van der Waals surface area contributed by atoms with Crippen LogP contribution in [0.1, 0.15) is 45.6 Å². The molecule has 3 rings (SSSR count). The molecule has 2 heterocycles. The maximum absolute atomic E-state index is 14.9. The fourth-order valence-electron chi connectivity index (χ4n) is 4.30. The number of benzene rings is 1. The Morgan fingerprint density at radius 2 is 1.94 bits per heavy atom. The lowest BCUT2D eigenvalue weighted by atomic mass is 10.0. The number of piperazine rings is 1. The van der Waals surface area contributed by atoms with Crippen LogP contribution in [0.2, 0.25) is 0 Å². The molecule has 8 heteroatoms. The van der Waals surface area contributed by atoms with Crippen molar-refractivity contribution in [2.75, 3.05) is 51.2 Å². The van der Waals surface area contributed by atoms with Crippen LogP contribution in [0.15, 0.2) is 24.4 Å². The average molecular weight is 434 g/mol. The van der Waals surface area contributed by atoms with E-state index in [9.17, 15) is 9.18 Å². The Balaban J connectivity index is 1.66. The monoisotopic (exact) mass is 433 g/mol. The van der Waals surface area contributed by atoms with Gasteiger partial charge in [0.1, 0.15) is 12.0 Å². The zero-order chi connectivity index (χ0) is 22.4. The second-order valence-electron chi connectivity index (χ2n) is 8.19. The van der Waals surface area contributed by atoms with Crippen molar-refractivity contribution in [3.05, 3.63) is 41.4 Å². The van der Waals surface area contributed by atoms with E-state index in [4.69, 9.17) is 4.84 Å². The number of nitrogens with zero attached hydrogens (tertiary/aromatic N) is 4. The Bertz CT molecular complexity index is 775. The summed E-state index contributed by atoms with van der Waals surface area (Å²) in [6, 6.07) is 5.12. The van der Waals surface area contributed by atoms with Crippen LogP contribution in [-0.4, -0.2) is 68.1 Å². The van der Waals surface area contributed by atoms with Gasteiger partial charge >= 0.3 is 0 Å². The van der Waals surface area contributed by atoms with Crippen LogP contribution in [0.25, 0.3) is 11.3 Å². The number of carbonyl (C=O) groups excluding carboxylic acids is 1. The lowest BCUT2D eigenvalue weighted by Gasteiger charge is -2.41. The Morgan fingerprint density at radius 1 is 1.23 bits per heavy atom. The number of likely N-dealkylation sites (N-methyl/N-ethyl adjacent to an activating group) is 1. The number of nitrogens with one attached hydrogen (secondary N) is 1. The average Bonchev–Trinajstić information content (AvgIpc) is 3.22. The van der Waals surface area contributed by atoms with Crippen molar-refractivity contribution >= 4 is 17.4 Å². The summed E-state index contributed by atoms with van der Waals surface area (Å²) in [7, 11) is 1.84. The molecule has 2 unspecified atom stereocenters. The van der Waals surface area contributed by atoms with Crippen LogP contribution >= 0.6 is 0 Å². The van der Waals surface area contributed by atoms with Crippen LogP contribution in [0.5, 0.6) is 0 Å². The van der Waals surface area contributed by atoms with Gasteiger partial charge in [0, 0.05) is 44.8 Å². The van der Waals surface area contributed by atoms with Crippen molar-refractivity contribution in [2.45, 2.75) is 46.1 Å². The molecule has 7 nitrogen and oxygen atoms in total. The van der Waals surface area contributed by atoms with Crippen LogP contribution in [0.4, 0.5) is 10.1 Å². The number of amides is 1. The highest BCUT2D eigenvalue weighted by atomic mass is 19.1. The van der Waals surface area contributed by atoms with Crippen molar-refractivity contribution in [1.82, 2.24) is 9.80 Å². The lowest BCUT2D eigenvalue weighted by Crippen LogP contribution is -2.98. The third-order valence-electron chi connectivity index (χ3n) is 6.15. The van der Waals surface area contributed by atoms with Gasteiger partial charge in [0.15, 0.2) is 5.76 Å². The first-order chi connectivity index (χ1) is 15.0. The van der Waals surface area contributed by atoms with E-state index in [0.29, 0.717) is 30.1 Å². The highest BCUT2D eigenvalue weighted by Gasteiger charge is 2.31. The maximum atomic E-state index is 14.9. The molecule has 1 amide bonds. The van der Waals surface area contributed by atoms with Gasteiger partial charge in [-0.15, -0.1) is 0 Å². The predicted molar refractivity (Wildman–Crippen MR) is 121 cm³/mol. The summed E-state index contributed by atoms with van der Waals surface area (Å²) >= 11 is 0. The number of rotatable bonds is 9. The lowest BCUT2D eigenvalue weighted by molar-refractivity contribution is -0.791. The Labute approximate surface area is 185 Å². The third-order valence-corrected chi connectivity index (χ3v) is 6.15. The first-order valence-corrected chi connectivity index (χ1v) is 11.5. The van der Waals surface area contributed by atoms with Crippen molar-refractivity contribution < 1.29 is 19.0 Å². The normalized spacial score (nSPS) is 20.4. The van der Waals surface area contributed by atoms with Gasteiger partial charge in [-0.1, -0.05) is 19.8 Å². The van der Waals surface area contributed by atoms with Gasteiger partial charge < -0.3 is 19.6 Å². The number of quaternary nitrogens is 1. The van der Waals surface area contributed by atoms with Crippen molar-refractivity contribution in [3.8, 4) is 0 Å². The number of hydrogen-bond acceptors (Lipinski definition) is 4. The number of hydrogen-bond donors (Lipinski definition) is 1. The first kappa shape index (κ1) is 23.5. The van der Waals surface area contributed by atoms with Crippen LogP contribution in [-0.2, 0) is 9.63 Å². The molecule has 1 aromatic rings. The van der Waals surface area contributed by atoms with Gasteiger partial charge in [-0.2, -0.15) is 0 Å². The summed E-state index contributed by atoms with van der Waals surface area (Å²) in [5.41, 5.74) is 5.16. The van der Waals surface area contributed by atoms with Gasteiger partial charge in [0.05, 0.1) is 18.8 Å². The topological polar surface area (TPSA) is 54.6 Å². The number of unbranched alkanes of at least 4 members (excludes halogenated alkanes) is 1. The van der Waals surface area contributed by atoms with E-state index >= 15 is 0 Å². The summed E-state index contributed by atoms with van der Waals surface area (Å²) in [5.74, 6) is 0.535. The van der Waals surface area contributed by atoms with E-state index in [1.54, 1.807) is 6.20 Å². The molecule has 0 aliphatic carbocycles. The molecule has 2 atom stereocenters. The highest BCUT2D eigenvalue weighted by Crippen LogP contribution is 2.27. The van der Waals surface area contributed by atoms with E-state index in [0.717, 1.165) is 50.5 Å². The van der Waals surface area contributed by atoms with Crippen molar-refractivity contribution in [3.63, 3.8) is 0 Å². The minimum atomic E-state index is -0.262. The van der Waals surface area contributed by atoms with E-state index in [-0.39, 0.29) is 17.8 Å². The predicted octanol–water partition coefficient (Wildman–Crippen LogP) is 2.42. The molecule has 172 valence electrons. The Kier molecular flexibility index (Phi) is 8.28. The number of carbonyl (C=O) groups is 1. The largest absolute Gasteiger partial charge is 0.535 e. The molecule has 1 aromatic carbocycles. The fourth-order valence-corrected chi connectivity index (χ4v) is 4.30. The summed E-state index contributed by atoms with van der Waals surface area (Å²) in [6.45, 7) is 10.6. The SMILES string of the molecule is CCCCC(C(=O)N(CC)CC)N1CCN(c2ccc(C3=C[NH+](C)[N-]O3)cc2F)CC1. The summed E-state index contributed by atoms with van der Waals surface area (Å²) < 4.78 is 14.9. The third kappa shape index (κ3) is 5.56. The molecule has 0 radical (unpaired) electrons. The number of halogens is 1. The molecule has 2 aliphatic rings. The molecule has 0 bridgehead atoms. The summed E-state index contributed by atoms with van der Waals surface area (Å²) in [5, 5.41) is 0.771. The standard InChI is InChI=1S/C23H36FN5O2/c1-5-8-9-21(23(30)27(6-2)7-3)29-14-12-28(13-15-29)20-11-10-18(16-19(20)24)22-17-26(4)25-31-22/h10-11,16-17,21,26H,5-9,12-15H2,1-4H3. The molecule has 1 saturated heterocycles. The maximum Gasteiger partial charge on any atom is 0.239 e. The molecule has 1 fully saturated rings. The molecule has 0 spiro atoms. The molecule has 2 aliphatic heterocycles. The smallest absolute Gasteiger partial charge is 0.239 e. The van der Waals surface area contributed by atoms with Gasteiger partial charge in [0.2, 0.25) is 5.91 Å². The minimum Gasteiger partial charge on any atom is -0.535 e. The van der Waals surface area contributed by atoms with Gasteiger partial charge in [-0.05, 0) is 38.5 Å². The summed E-state index contributed by atoms with van der Waals surface area (Å²) in [4.78, 5) is 24.6. The Morgan fingerprint density at radius 3 is 2.48 bits per heavy atom. The van der Waals surface area contributed by atoms with Gasteiger partial charge in [0.25, 0.3) is 0 Å².